The number of rotatable bonds is 0. The first kappa shape index (κ1) is 12.1. The Bertz CT molecular complexity index is 776. The second kappa shape index (κ2) is 4.33. The molecule has 0 amide bonds. The number of nitriles is 2. The molecule has 2 aromatic rings. The zero-order chi connectivity index (χ0) is 14.3. The van der Waals surface area contributed by atoms with Gasteiger partial charge in [-0.05, 0) is 36.6 Å². The molecule has 0 aliphatic heterocycles. The van der Waals surface area contributed by atoms with Crippen LogP contribution in [0.5, 0.6) is 0 Å². The number of allylic oxidation sites excluding steroid dienone is 1. The number of hydrogen-bond acceptors (Lipinski definition) is 3. The Balaban J connectivity index is 2.47. The summed E-state index contributed by atoms with van der Waals surface area (Å²) in [5.74, 6) is 0. The van der Waals surface area contributed by atoms with Crippen LogP contribution in [0.15, 0.2) is 36.0 Å². The van der Waals surface area contributed by atoms with Crippen molar-refractivity contribution >= 4 is 5.57 Å². The van der Waals surface area contributed by atoms with Crippen molar-refractivity contribution in [3.8, 4) is 23.3 Å². The molecular weight excluding hydrogens is 246 g/mol. The molecule has 3 heteroatoms. The Kier molecular flexibility index (Phi) is 2.63. The Morgan fingerprint density at radius 3 is 2.35 bits per heavy atom. The van der Waals surface area contributed by atoms with E-state index in [-0.39, 0.29) is 5.57 Å². The highest BCUT2D eigenvalue weighted by atomic mass is 14.7. The molecule has 0 fully saturated rings. The maximum absolute atomic E-state index is 9.20. The van der Waals surface area contributed by atoms with E-state index in [4.69, 9.17) is 0 Å². The topological polar surface area (TPSA) is 60.5 Å². The number of fused-ring (bicyclic) bond motifs is 3. The first-order valence-electron chi connectivity index (χ1n) is 6.28. The lowest BCUT2D eigenvalue weighted by molar-refractivity contribution is 1.20. The molecule has 0 saturated carbocycles. The smallest absolute Gasteiger partial charge is 0.138 e. The van der Waals surface area contributed by atoms with E-state index in [9.17, 15) is 10.5 Å². The van der Waals surface area contributed by atoms with Crippen LogP contribution in [-0.2, 0) is 0 Å². The Morgan fingerprint density at radius 1 is 0.950 bits per heavy atom. The minimum Gasteiger partial charge on any atom is -0.261 e. The van der Waals surface area contributed by atoms with Gasteiger partial charge in [-0.15, -0.1) is 0 Å². The van der Waals surface area contributed by atoms with Crippen molar-refractivity contribution in [1.29, 1.82) is 10.5 Å². The molecule has 94 valence electrons. The molecule has 1 aliphatic carbocycles. The van der Waals surface area contributed by atoms with Gasteiger partial charge in [-0.2, -0.15) is 10.5 Å². The molecule has 1 aromatic carbocycles. The standard InChI is InChI=1S/C17H11N3/c1-10-3-4-13-14(5-10)15-6-11(2)20-9-16(15)17(13)12(7-18)8-19/h3-6,9H,1-2H3. The van der Waals surface area contributed by atoms with Crippen LogP contribution < -0.4 is 0 Å². The van der Waals surface area contributed by atoms with Gasteiger partial charge in [0.2, 0.25) is 0 Å². The third-order valence-electron chi connectivity index (χ3n) is 3.52. The van der Waals surface area contributed by atoms with Gasteiger partial charge in [0.15, 0.2) is 0 Å². The van der Waals surface area contributed by atoms with Crippen LogP contribution >= 0.6 is 0 Å². The molecule has 0 spiro atoms. The Hall–Kier alpha value is -2.91. The van der Waals surface area contributed by atoms with Crippen molar-refractivity contribution in [3.05, 3.63) is 58.4 Å². The molecule has 0 atom stereocenters. The van der Waals surface area contributed by atoms with Crippen LogP contribution in [0.25, 0.3) is 16.7 Å². The van der Waals surface area contributed by atoms with Crippen LogP contribution in [0.2, 0.25) is 0 Å². The lowest BCUT2D eigenvalue weighted by Gasteiger charge is -2.02. The third kappa shape index (κ3) is 1.61. The van der Waals surface area contributed by atoms with Gasteiger partial charge in [-0.3, -0.25) is 4.98 Å². The van der Waals surface area contributed by atoms with Gasteiger partial charge in [-0.1, -0.05) is 23.8 Å². The molecule has 3 rings (SSSR count). The van der Waals surface area contributed by atoms with E-state index in [0.717, 1.165) is 33.5 Å². The fourth-order valence-electron chi connectivity index (χ4n) is 2.63. The molecule has 0 bridgehead atoms. The summed E-state index contributed by atoms with van der Waals surface area (Å²) in [4.78, 5) is 4.30. The van der Waals surface area contributed by atoms with Gasteiger partial charge in [-0.25, -0.2) is 0 Å². The van der Waals surface area contributed by atoms with E-state index in [2.05, 4.69) is 11.1 Å². The van der Waals surface area contributed by atoms with Crippen molar-refractivity contribution in [3.63, 3.8) is 0 Å². The van der Waals surface area contributed by atoms with Crippen molar-refractivity contribution in [2.24, 2.45) is 0 Å². The van der Waals surface area contributed by atoms with E-state index in [0.29, 0.717) is 5.57 Å². The Morgan fingerprint density at radius 2 is 1.65 bits per heavy atom. The van der Waals surface area contributed by atoms with Crippen LogP contribution in [0, 0.1) is 36.5 Å². The first-order valence-corrected chi connectivity index (χ1v) is 6.28. The lowest BCUT2D eigenvalue weighted by Crippen LogP contribution is -1.89. The van der Waals surface area contributed by atoms with E-state index in [1.54, 1.807) is 6.20 Å². The highest BCUT2D eigenvalue weighted by Gasteiger charge is 2.26. The number of nitrogens with zero attached hydrogens (tertiary/aromatic N) is 3. The SMILES string of the molecule is Cc1ccc2c(c1)-c1cc(C)ncc1C2=C(C#N)C#N. The van der Waals surface area contributed by atoms with Gasteiger partial charge >= 0.3 is 0 Å². The van der Waals surface area contributed by atoms with Crippen molar-refractivity contribution in [1.82, 2.24) is 4.98 Å². The normalized spacial score (nSPS) is 11.3. The average Bonchev–Trinajstić information content (AvgIpc) is 2.74. The average molecular weight is 257 g/mol. The lowest BCUT2D eigenvalue weighted by atomic mass is 9.99. The fraction of sp³-hybridized carbons (Fsp3) is 0.118. The van der Waals surface area contributed by atoms with Crippen molar-refractivity contribution in [2.75, 3.05) is 0 Å². The molecule has 1 aromatic heterocycles. The van der Waals surface area contributed by atoms with E-state index >= 15 is 0 Å². The van der Waals surface area contributed by atoms with E-state index in [1.807, 2.05) is 44.2 Å². The monoisotopic (exact) mass is 257 g/mol. The van der Waals surface area contributed by atoms with Gasteiger partial charge in [0.25, 0.3) is 0 Å². The van der Waals surface area contributed by atoms with E-state index in [1.165, 1.54) is 0 Å². The first-order chi connectivity index (χ1) is 9.65. The summed E-state index contributed by atoms with van der Waals surface area (Å²) in [7, 11) is 0. The second-order valence-corrected chi connectivity index (χ2v) is 4.89. The zero-order valence-electron chi connectivity index (χ0n) is 11.2. The number of aryl methyl sites for hydroxylation is 2. The van der Waals surface area contributed by atoms with Crippen molar-refractivity contribution < 1.29 is 0 Å². The summed E-state index contributed by atoms with van der Waals surface area (Å²) in [6.45, 7) is 3.97. The predicted molar refractivity (Wildman–Crippen MR) is 76.4 cm³/mol. The van der Waals surface area contributed by atoms with Crippen LogP contribution in [0.3, 0.4) is 0 Å². The maximum Gasteiger partial charge on any atom is 0.138 e. The molecule has 3 nitrogen and oxygen atoms in total. The number of hydrogen-bond donors (Lipinski definition) is 0. The minimum atomic E-state index is 0.138. The molecule has 1 aliphatic rings. The summed E-state index contributed by atoms with van der Waals surface area (Å²) < 4.78 is 0. The predicted octanol–water partition coefficient (Wildman–Crippen LogP) is 3.53. The molecule has 20 heavy (non-hydrogen) atoms. The largest absolute Gasteiger partial charge is 0.261 e. The van der Waals surface area contributed by atoms with Gasteiger partial charge in [0.1, 0.15) is 17.7 Å². The summed E-state index contributed by atoms with van der Waals surface area (Å²) in [5, 5.41) is 18.4. The highest BCUT2D eigenvalue weighted by molar-refractivity contribution is 6.03. The number of aromatic nitrogens is 1. The van der Waals surface area contributed by atoms with Crippen molar-refractivity contribution in [2.45, 2.75) is 13.8 Å². The quantitative estimate of drug-likeness (QED) is 0.579. The molecule has 0 radical (unpaired) electrons. The third-order valence-corrected chi connectivity index (χ3v) is 3.52. The summed E-state index contributed by atoms with van der Waals surface area (Å²) in [5.41, 5.74) is 6.85. The maximum atomic E-state index is 9.20. The number of benzene rings is 1. The van der Waals surface area contributed by atoms with Gasteiger partial charge in [0.05, 0.1) is 0 Å². The fourth-order valence-corrected chi connectivity index (χ4v) is 2.63. The second-order valence-electron chi connectivity index (χ2n) is 4.89. The summed E-state index contributed by atoms with van der Waals surface area (Å²) in [6, 6.07) is 12.1. The minimum absolute atomic E-state index is 0.138. The highest BCUT2D eigenvalue weighted by Crippen LogP contribution is 2.45. The van der Waals surface area contributed by atoms with Gasteiger partial charge in [0, 0.05) is 23.0 Å². The molecule has 1 heterocycles. The van der Waals surface area contributed by atoms with Crippen LogP contribution in [0.4, 0.5) is 0 Å². The summed E-state index contributed by atoms with van der Waals surface area (Å²) >= 11 is 0. The van der Waals surface area contributed by atoms with Crippen LogP contribution in [-0.4, -0.2) is 4.98 Å². The van der Waals surface area contributed by atoms with E-state index < -0.39 is 0 Å². The molecule has 0 unspecified atom stereocenters. The zero-order valence-corrected chi connectivity index (χ0v) is 11.2. The molecular formula is C17H11N3. The summed E-state index contributed by atoms with van der Waals surface area (Å²) in [6.07, 6.45) is 1.75. The van der Waals surface area contributed by atoms with Crippen LogP contribution in [0.1, 0.15) is 22.4 Å². The molecule has 0 saturated heterocycles. The Labute approximate surface area is 117 Å². The molecule has 0 N–H and O–H groups in total. The number of pyridine rings is 1. The van der Waals surface area contributed by atoms with Gasteiger partial charge < -0.3 is 0 Å².